The van der Waals surface area contributed by atoms with E-state index in [-0.39, 0.29) is 24.2 Å². The molecule has 21 heavy (non-hydrogen) atoms. The van der Waals surface area contributed by atoms with Crippen LogP contribution in [0.5, 0.6) is 0 Å². The highest BCUT2D eigenvalue weighted by Crippen LogP contribution is 2.22. The molecule has 0 aromatic rings. The quantitative estimate of drug-likeness (QED) is 0.688. The molecule has 0 heterocycles. The SMILES string of the molecule is CCCNC1CCC(OC(C)C(=O)NC(C)CCC)CC1. The molecular weight excluding hydrogens is 264 g/mol. The molecule has 2 unspecified atom stereocenters. The number of hydrogen-bond acceptors (Lipinski definition) is 3. The van der Waals surface area contributed by atoms with Crippen LogP contribution in [0.3, 0.4) is 0 Å². The first-order valence-electron chi connectivity index (χ1n) is 8.76. The van der Waals surface area contributed by atoms with Gasteiger partial charge >= 0.3 is 0 Å². The molecule has 0 aliphatic heterocycles. The maximum absolute atomic E-state index is 12.1. The van der Waals surface area contributed by atoms with E-state index < -0.39 is 0 Å². The number of ether oxygens (including phenoxy) is 1. The van der Waals surface area contributed by atoms with E-state index in [9.17, 15) is 4.79 Å². The molecule has 1 saturated carbocycles. The second-order valence-electron chi connectivity index (χ2n) is 6.40. The van der Waals surface area contributed by atoms with Crippen molar-refractivity contribution in [3.63, 3.8) is 0 Å². The highest BCUT2D eigenvalue weighted by Gasteiger charge is 2.25. The average Bonchev–Trinajstić information content (AvgIpc) is 2.46. The fourth-order valence-corrected chi connectivity index (χ4v) is 2.97. The Hall–Kier alpha value is -0.610. The Bertz CT molecular complexity index is 289. The van der Waals surface area contributed by atoms with Crippen LogP contribution >= 0.6 is 0 Å². The van der Waals surface area contributed by atoms with Gasteiger partial charge in [0.2, 0.25) is 5.91 Å². The van der Waals surface area contributed by atoms with Crippen molar-refractivity contribution in [2.24, 2.45) is 0 Å². The van der Waals surface area contributed by atoms with Crippen LogP contribution in [0.2, 0.25) is 0 Å². The minimum absolute atomic E-state index is 0.0298. The zero-order valence-electron chi connectivity index (χ0n) is 14.3. The smallest absolute Gasteiger partial charge is 0.249 e. The summed E-state index contributed by atoms with van der Waals surface area (Å²) in [6, 6.07) is 0.876. The molecule has 4 nitrogen and oxygen atoms in total. The Labute approximate surface area is 130 Å². The summed E-state index contributed by atoms with van der Waals surface area (Å²) in [5, 5.41) is 6.60. The molecule has 0 saturated heterocycles. The summed E-state index contributed by atoms with van der Waals surface area (Å²) < 4.78 is 5.95. The van der Waals surface area contributed by atoms with E-state index in [1.165, 1.54) is 6.42 Å². The summed E-state index contributed by atoms with van der Waals surface area (Å²) in [6.07, 6.45) is 7.63. The molecule has 0 bridgehead atoms. The van der Waals surface area contributed by atoms with E-state index in [1.54, 1.807) is 0 Å². The Morgan fingerprint density at radius 2 is 1.81 bits per heavy atom. The molecule has 1 fully saturated rings. The Morgan fingerprint density at radius 1 is 1.14 bits per heavy atom. The third-order valence-electron chi connectivity index (χ3n) is 4.23. The van der Waals surface area contributed by atoms with Crippen LogP contribution < -0.4 is 10.6 Å². The number of carbonyl (C=O) groups is 1. The Kier molecular flexibility index (Phi) is 8.93. The molecule has 2 atom stereocenters. The summed E-state index contributed by atoms with van der Waals surface area (Å²) in [4.78, 5) is 12.1. The lowest BCUT2D eigenvalue weighted by Gasteiger charge is -2.31. The lowest BCUT2D eigenvalue weighted by molar-refractivity contribution is -0.137. The van der Waals surface area contributed by atoms with Crippen LogP contribution in [0.15, 0.2) is 0 Å². The average molecular weight is 298 g/mol. The monoisotopic (exact) mass is 298 g/mol. The van der Waals surface area contributed by atoms with Gasteiger partial charge in [-0.25, -0.2) is 0 Å². The van der Waals surface area contributed by atoms with E-state index in [1.807, 2.05) is 6.92 Å². The van der Waals surface area contributed by atoms with Crippen molar-refractivity contribution in [1.82, 2.24) is 10.6 Å². The van der Waals surface area contributed by atoms with Crippen molar-refractivity contribution in [2.75, 3.05) is 6.54 Å². The van der Waals surface area contributed by atoms with E-state index >= 15 is 0 Å². The van der Waals surface area contributed by atoms with Crippen LogP contribution in [-0.4, -0.2) is 36.7 Å². The molecule has 2 N–H and O–H groups in total. The summed E-state index contributed by atoms with van der Waals surface area (Å²) in [5.74, 6) is 0.0298. The molecule has 0 aromatic carbocycles. The first kappa shape index (κ1) is 18.4. The fourth-order valence-electron chi connectivity index (χ4n) is 2.97. The molecule has 0 aromatic heterocycles. The maximum Gasteiger partial charge on any atom is 0.249 e. The van der Waals surface area contributed by atoms with Crippen molar-refractivity contribution in [3.8, 4) is 0 Å². The summed E-state index contributed by atoms with van der Waals surface area (Å²) in [5.41, 5.74) is 0. The van der Waals surface area contributed by atoms with E-state index in [4.69, 9.17) is 4.74 Å². The van der Waals surface area contributed by atoms with Gasteiger partial charge in [0.05, 0.1) is 6.10 Å². The van der Waals surface area contributed by atoms with Gasteiger partial charge in [-0.1, -0.05) is 20.3 Å². The number of hydrogen-bond donors (Lipinski definition) is 2. The largest absolute Gasteiger partial charge is 0.365 e. The van der Waals surface area contributed by atoms with Gasteiger partial charge in [0.15, 0.2) is 0 Å². The van der Waals surface area contributed by atoms with Gasteiger partial charge < -0.3 is 15.4 Å². The predicted octanol–water partition coefficient (Wildman–Crippen LogP) is 3.01. The van der Waals surface area contributed by atoms with Crippen molar-refractivity contribution in [1.29, 1.82) is 0 Å². The van der Waals surface area contributed by atoms with E-state index in [0.29, 0.717) is 6.04 Å². The summed E-state index contributed by atoms with van der Waals surface area (Å²) >= 11 is 0. The first-order chi connectivity index (χ1) is 10.1. The lowest BCUT2D eigenvalue weighted by atomic mass is 9.93. The predicted molar refractivity (Wildman–Crippen MR) is 87.4 cm³/mol. The van der Waals surface area contributed by atoms with Gasteiger partial charge in [0, 0.05) is 12.1 Å². The van der Waals surface area contributed by atoms with Crippen LogP contribution in [0.25, 0.3) is 0 Å². The normalized spacial score (nSPS) is 25.3. The third-order valence-corrected chi connectivity index (χ3v) is 4.23. The van der Waals surface area contributed by atoms with Crippen molar-refractivity contribution in [3.05, 3.63) is 0 Å². The number of carbonyl (C=O) groups excluding carboxylic acids is 1. The molecule has 1 aliphatic carbocycles. The second-order valence-corrected chi connectivity index (χ2v) is 6.40. The highest BCUT2D eigenvalue weighted by molar-refractivity contribution is 5.80. The first-order valence-corrected chi connectivity index (χ1v) is 8.76. The summed E-state index contributed by atoms with van der Waals surface area (Å²) in [6.45, 7) is 9.35. The van der Waals surface area contributed by atoms with Crippen molar-refractivity contribution >= 4 is 5.91 Å². The lowest BCUT2D eigenvalue weighted by Crippen LogP contribution is -2.42. The van der Waals surface area contributed by atoms with E-state index in [2.05, 4.69) is 31.4 Å². The number of nitrogens with one attached hydrogen (secondary N) is 2. The summed E-state index contributed by atoms with van der Waals surface area (Å²) in [7, 11) is 0. The van der Waals surface area contributed by atoms with E-state index in [0.717, 1.165) is 45.1 Å². The van der Waals surface area contributed by atoms with Crippen LogP contribution in [-0.2, 0) is 9.53 Å². The second kappa shape index (κ2) is 10.2. The molecule has 1 aliphatic rings. The van der Waals surface area contributed by atoms with Crippen molar-refractivity contribution < 1.29 is 9.53 Å². The molecule has 124 valence electrons. The van der Waals surface area contributed by atoms with Gasteiger partial charge in [-0.2, -0.15) is 0 Å². The minimum Gasteiger partial charge on any atom is -0.365 e. The van der Waals surface area contributed by atoms with Crippen LogP contribution in [0.4, 0.5) is 0 Å². The van der Waals surface area contributed by atoms with Gasteiger partial charge in [-0.15, -0.1) is 0 Å². The number of rotatable bonds is 9. The molecular formula is C17H34N2O2. The van der Waals surface area contributed by atoms with Gasteiger partial charge in [0.1, 0.15) is 6.10 Å². The van der Waals surface area contributed by atoms with Crippen molar-refractivity contribution in [2.45, 2.75) is 96.9 Å². The standard InChI is InChI=1S/C17H34N2O2/c1-5-7-13(3)19-17(20)14(4)21-16-10-8-15(9-11-16)18-12-6-2/h13-16,18H,5-12H2,1-4H3,(H,19,20). The molecule has 4 heteroatoms. The van der Waals surface area contributed by atoms with Crippen LogP contribution in [0, 0.1) is 0 Å². The minimum atomic E-state index is -0.338. The zero-order chi connectivity index (χ0) is 15.7. The topological polar surface area (TPSA) is 50.4 Å². The number of amides is 1. The Morgan fingerprint density at radius 3 is 2.38 bits per heavy atom. The Balaban J connectivity index is 2.23. The molecule has 0 spiro atoms. The van der Waals surface area contributed by atoms with Gasteiger partial charge in [-0.05, 0) is 58.9 Å². The molecule has 0 radical (unpaired) electrons. The highest BCUT2D eigenvalue weighted by atomic mass is 16.5. The van der Waals surface area contributed by atoms with Gasteiger partial charge in [0.25, 0.3) is 0 Å². The third kappa shape index (κ3) is 7.28. The molecule has 1 rings (SSSR count). The van der Waals surface area contributed by atoms with Crippen LogP contribution in [0.1, 0.15) is 72.6 Å². The zero-order valence-corrected chi connectivity index (χ0v) is 14.3. The molecule has 1 amide bonds. The fraction of sp³-hybridized carbons (Fsp3) is 0.941. The van der Waals surface area contributed by atoms with Gasteiger partial charge in [-0.3, -0.25) is 4.79 Å². The maximum atomic E-state index is 12.1.